The second kappa shape index (κ2) is 8.42. The summed E-state index contributed by atoms with van der Waals surface area (Å²) in [5.74, 6) is -0.955. The van der Waals surface area contributed by atoms with Crippen LogP contribution in [0.4, 0.5) is 0 Å². The normalized spacial score (nSPS) is 17.7. The van der Waals surface area contributed by atoms with E-state index in [1.807, 2.05) is 6.07 Å². The second-order valence-electron chi connectivity index (χ2n) is 8.36. The summed E-state index contributed by atoms with van der Waals surface area (Å²) in [5, 5.41) is 12.0. The van der Waals surface area contributed by atoms with Crippen LogP contribution in [0.1, 0.15) is 61.2 Å². The van der Waals surface area contributed by atoms with Crippen LogP contribution in [0.3, 0.4) is 0 Å². The van der Waals surface area contributed by atoms with E-state index >= 15 is 0 Å². The van der Waals surface area contributed by atoms with Crippen LogP contribution >= 0.6 is 11.3 Å². The zero-order chi connectivity index (χ0) is 20.4. The highest BCUT2D eigenvalue weighted by molar-refractivity contribution is 7.14. The molecule has 6 nitrogen and oxygen atoms in total. The Bertz CT molecular complexity index is 720. The number of thiophene rings is 1. The number of fused-ring (bicyclic) bond motifs is 1. The van der Waals surface area contributed by atoms with Gasteiger partial charge in [0.25, 0.3) is 5.91 Å². The van der Waals surface area contributed by atoms with E-state index in [2.05, 4.69) is 26.1 Å². The maximum absolute atomic E-state index is 13.0. The van der Waals surface area contributed by atoms with Gasteiger partial charge < -0.3 is 15.3 Å². The van der Waals surface area contributed by atoms with E-state index in [-0.39, 0.29) is 30.3 Å². The summed E-state index contributed by atoms with van der Waals surface area (Å²) < 4.78 is 0. The Morgan fingerprint density at radius 1 is 1.37 bits per heavy atom. The first-order valence-corrected chi connectivity index (χ1v) is 10.2. The number of nitrogens with one attached hydrogen (secondary N) is 1. The fourth-order valence-corrected chi connectivity index (χ4v) is 4.63. The summed E-state index contributed by atoms with van der Waals surface area (Å²) in [7, 11) is 0. The van der Waals surface area contributed by atoms with Crippen molar-refractivity contribution in [1.29, 1.82) is 0 Å². The Balaban J connectivity index is 2.19. The highest BCUT2D eigenvalue weighted by atomic mass is 32.1. The van der Waals surface area contributed by atoms with Gasteiger partial charge in [0.05, 0.1) is 4.88 Å². The molecule has 0 radical (unpaired) electrons. The number of amides is 2. The average molecular weight is 395 g/mol. The minimum atomic E-state index is -1.06. The molecular formula is C20H30N2O4S. The van der Waals surface area contributed by atoms with Gasteiger partial charge in [0.15, 0.2) is 0 Å². The molecule has 150 valence electrons. The third-order valence-corrected chi connectivity index (χ3v) is 6.56. The zero-order valence-electron chi connectivity index (χ0n) is 16.8. The maximum Gasteiger partial charge on any atom is 0.326 e. The van der Waals surface area contributed by atoms with Crippen molar-refractivity contribution >= 4 is 29.1 Å². The largest absolute Gasteiger partial charge is 0.480 e. The summed E-state index contributed by atoms with van der Waals surface area (Å²) in [6.07, 6.45) is 3.04. The van der Waals surface area contributed by atoms with Crippen molar-refractivity contribution < 1.29 is 19.5 Å². The predicted octanol–water partition coefficient (Wildman–Crippen LogP) is 2.95. The summed E-state index contributed by atoms with van der Waals surface area (Å²) >= 11 is 1.48. The van der Waals surface area contributed by atoms with Crippen LogP contribution in [-0.2, 0) is 22.4 Å². The van der Waals surface area contributed by atoms with Crippen molar-refractivity contribution in [3.8, 4) is 0 Å². The topological polar surface area (TPSA) is 86.7 Å². The second-order valence-corrected chi connectivity index (χ2v) is 9.50. The quantitative estimate of drug-likeness (QED) is 0.777. The van der Waals surface area contributed by atoms with Crippen LogP contribution in [0.5, 0.6) is 0 Å². The van der Waals surface area contributed by atoms with Gasteiger partial charge in [-0.25, -0.2) is 4.79 Å². The fourth-order valence-electron chi connectivity index (χ4n) is 3.47. The van der Waals surface area contributed by atoms with Gasteiger partial charge in [-0.1, -0.05) is 20.8 Å². The highest BCUT2D eigenvalue weighted by Gasteiger charge is 2.32. The molecule has 2 rings (SSSR count). The lowest BCUT2D eigenvalue weighted by Gasteiger charge is -2.33. The van der Waals surface area contributed by atoms with Crippen molar-refractivity contribution in [3.63, 3.8) is 0 Å². The molecule has 1 aliphatic carbocycles. The first-order chi connectivity index (χ1) is 12.5. The van der Waals surface area contributed by atoms with E-state index in [0.29, 0.717) is 10.8 Å². The Hall–Kier alpha value is -1.89. The van der Waals surface area contributed by atoms with E-state index < -0.39 is 12.0 Å². The van der Waals surface area contributed by atoms with Crippen LogP contribution < -0.4 is 5.32 Å². The molecule has 1 heterocycles. The Morgan fingerprint density at radius 3 is 2.59 bits per heavy atom. The standard InChI is InChI=1S/C20H30N2O4S/c1-12(19(25)26)22(9-8-21-13(2)23)18(24)17-11-14-10-15(20(3,4)5)6-7-16(14)27-17/h11-12,15H,6-10H2,1-5H3,(H,21,23)(H,25,26). The predicted molar refractivity (Wildman–Crippen MR) is 106 cm³/mol. The average Bonchev–Trinajstić information content (AvgIpc) is 2.99. The molecule has 1 aromatic heterocycles. The number of aliphatic carboxylic acids is 1. The van der Waals surface area contributed by atoms with Gasteiger partial charge in [-0.2, -0.15) is 0 Å². The lowest BCUT2D eigenvalue weighted by molar-refractivity contribution is -0.141. The van der Waals surface area contributed by atoms with E-state index in [1.54, 1.807) is 0 Å². The summed E-state index contributed by atoms with van der Waals surface area (Å²) in [6.45, 7) is 10.0. The summed E-state index contributed by atoms with van der Waals surface area (Å²) in [6, 6.07) is 0.993. The molecule has 0 aliphatic heterocycles. The Morgan fingerprint density at radius 2 is 2.04 bits per heavy atom. The molecule has 2 amide bonds. The number of carboxylic acids is 1. The van der Waals surface area contributed by atoms with Crippen molar-refractivity contribution in [1.82, 2.24) is 10.2 Å². The Labute approximate surface area is 164 Å². The summed E-state index contributed by atoms with van der Waals surface area (Å²) in [4.78, 5) is 38.7. The molecule has 0 saturated heterocycles. The maximum atomic E-state index is 13.0. The molecule has 0 bridgehead atoms. The van der Waals surface area contributed by atoms with Crippen LogP contribution in [0.2, 0.25) is 0 Å². The molecule has 2 unspecified atom stereocenters. The van der Waals surface area contributed by atoms with Gasteiger partial charge in [-0.3, -0.25) is 9.59 Å². The van der Waals surface area contributed by atoms with Crippen molar-refractivity contribution in [2.24, 2.45) is 11.3 Å². The van der Waals surface area contributed by atoms with E-state index in [9.17, 15) is 19.5 Å². The molecular weight excluding hydrogens is 364 g/mol. The number of hydrogen-bond donors (Lipinski definition) is 2. The fraction of sp³-hybridized carbons (Fsp3) is 0.650. The van der Waals surface area contributed by atoms with Crippen LogP contribution in [0, 0.1) is 11.3 Å². The van der Waals surface area contributed by atoms with Crippen molar-refractivity contribution in [2.45, 2.75) is 59.9 Å². The van der Waals surface area contributed by atoms with Crippen molar-refractivity contribution in [2.75, 3.05) is 13.1 Å². The van der Waals surface area contributed by atoms with Crippen LogP contribution in [-0.4, -0.2) is 46.9 Å². The monoisotopic (exact) mass is 394 g/mol. The lowest BCUT2D eigenvalue weighted by atomic mass is 9.72. The van der Waals surface area contributed by atoms with E-state index in [0.717, 1.165) is 19.3 Å². The molecule has 2 atom stereocenters. The highest BCUT2D eigenvalue weighted by Crippen LogP contribution is 2.40. The van der Waals surface area contributed by atoms with Gasteiger partial charge in [-0.05, 0) is 49.1 Å². The molecule has 27 heavy (non-hydrogen) atoms. The number of carbonyl (C=O) groups is 3. The first kappa shape index (κ1) is 21.4. The van der Waals surface area contributed by atoms with Gasteiger partial charge in [-0.15, -0.1) is 11.3 Å². The number of rotatable bonds is 6. The lowest BCUT2D eigenvalue weighted by Crippen LogP contribution is -2.46. The molecule has 0 aromatic carbocycles. The minimum absolute atomic E-state index is 0.166. The van der Waals surface area contributed by atoms with Crippen LogP contribution in [0.15, 0.2) is 6.07 Å². The molecule has 7 heteroatoms. The number of carboxylic acid groups (broad SMARTS) is 1. The number of aryl methyl sites for hydroxylation is 1. The molecule has 0 saturated carbocycles. The molecule has 1 aromatic rings. The molecule has 2 N–H and O–H groups in total. The van der Waals surface area contributed by atoms with Crippen molar-refractivity contribution in [3.05, 3.63) is 21.4 Å². The van der Waals surface area contributed by atoms with Gasteiger partial charge >= 0.3 is 5.97 Å². The molecule has 1 aliphatic rings. The van der Waals surface area contributed by atoms with E-state index in [4.69, 9.17) is 0 Å². The third-order valence-electron chi connectivity index (χ3n) is 5.33. The zero-order valence-corrected chi connectivity index (χ0v) is 17.6. The third kappa shape index (κ3) is 5.31. The van der Waals surface area contributed by atoms with Gasteiger partial charge in [0, 0.05) is 24.9 Å². The first-order valence-electron chi connectivity index (χ1n) is 9.40. The Kier molecular flexibility index (Phi) is 6.68. The molecule has 0 spiro atoms. The van der Waals surface area contributed by atoms with E-state index in [1.165, 1.54) is 40.5 Å². The number of nitrogens with zero attached hydrogens (tertiary/aromatic N) is 1. The minimum Gasteiger partial charge on any atom is -0.480 e. The number of carbonyl (C=O) groups excluding carboxylic acids is 2. The smallest absolute Gasteiger partial charge is 0.326 e. The SMILES string of the molecule is CC(=O)NCCN(C(=O)c1cc2c(s1)CCC(C(C)(C)C)C2)C(C)C(=O)O. The molecule has 0 fully saturated rings. The summed E-state index contributed by atoms with van der Waals surface area (Å²) in [5.41, 5.74) is 1.45. The van der Waals surface area contributed by atoms with Gasteiger partial charge in [0.2, 0.25) is 5.91 Å². The van der Waals surface area contributed by atoms with Crippen LogP contribution in [0.25, 0.3) is 0 Å². The van der Waals surface area contributed by atoms with Gasteiger partial charge in [0.1, 0.15) is 6.04 Å². The number of hydrogen-bond acceptors (Lipinski definition) is 4.